The van der Waals surface area contributed by atoms with Crippen LogP contribution in [0.1, 0.15) is 17.2 Å². The van der Waals surface area contributed by atoms with E-state index in [-0.39, 0.29) is 18.4 Å². The fourth-order valence-corrected chi connectivity index (χ4v) is 2.53. The van der Waals surface area contributed by atoms with Crippen LogP contribution < -0.4 is 5.32 Å². The van der Waals surface area contributed by atoms with Crippen molar-refractivity contribution in [3.63, 3.8) is 0 Å². The van der Waals surface area contributed by atoms with E-state index in [0.29, 0.717) is 0 Å². The monoisotopic (exact) mass is 339 g/mol. The lowest BCUT2D eigenvalue weighted by molar-refractivity contribution is -0.131. The topological polar surface area (TPSA) is 52.7 Å². The summed E-state index contributed by atoms with van der Waals surface area (Å²) < 4.78 is 0. The first-order valence-corrected chi connectivity index (χ1v) is 8.21. The Morgan fingerprint density at radius 1 is 0.960 bits per heavy atom. The van der Waals surface area contributed by atoms with E-state index in [4.69, 9.17) is 0 Å². The summed E-state index contributed by atoms with van der Waals surface area (Å²) in [6.45, 7) is 2.16. The first kappa shape index (κ1) is 18.7. The maximum atomic E-state index is 12.9. The lowest BCUT2D eigenvalue weighted by Gasteiger charge is -2.28. The van der Waals surface area contributed by atoms with Crippen molar-refractivity contribution in [3.8, 4) is 0 Å². The summed E-state index contributed by atoms with van der Waals surface area (Å²) >= 11 is 0. The quantitative estimate of drug-likeness (QED) is 0.880. The maximum absolute atomic E-state index is 12.9. The van der Waals surface area contributed by atoms with Crippen molar-refractivity contribution in [1.82, 2.24) is 9.80 Å². The number of hydrogen-bond acceptors (Lipinski definition) is 3. The van der Waals surface area contributed by atoms with Gasteiger partial charge in [0.25, 0.3) is 0 Å². The summed E-state index contributed by atoms with van der Waals surface area (Å²) in [6, 6.07) is 16.6. The van der Waals surface area contributed by atoms with Gasteiger partial charge in [-0.05, 0) is 31.7 Å². The smallest absolute Gasteiger partial charge is 0.246 e. The molecule has 2 amide bonds. The highest BCUT2D eigenvalue weighted by atomic mass is 16.2. The number of anilines is 1. The molecule has 1 atom stereocenters. The molecule has 0 aromatic heterocycles. The maximum Gasteiger partial charge on any atom is 0.246 e. The summed E-state index contributed by atoms with van der Waals surface area (Å²) in [6.07, 6.45) is 0. The van der Waals surface area contributed by atoms with E-state index in [0.717, 1.165) is 16.8 Å². The number of carbonyl (C=O) groups is 2. The van der Waals surface area contributed by atoms with Crippen LogP contribution in [0.15, 0.2) is 54.6 Å². The predicted octanol–water partition coefficient (Wildman–Crippen LogP) is 2.69. The van der Waals surface area contributed by atoms with Gasteiger partial charge in [-0.2, -0.15) is 0 Å². The number of rotatable bonds is 6. The zero-order chi connectivity index (χ0) is 18.4. The van der Waals surface area contributed by atoms with Crippen LogP contribution in [0.4, 0.5) is 5.69 Å². The number of carbonyl (C=O) groups excluding carboxylic acids is 2. The van der Waals surface area contributed by atoms with Gasteiger partial charge in [0.05, 0.1) is 6.54 Å². The van der Waals surface area contributed by atoms with Crippen LogP contribution in [0.3, 0.4) is 0 Å². The molecule has 2 aromatic carbocycles. The minimum atomic E-state index is -0.550. The number of nitrogens with zero attached hydrogens (tertiary/aromatic N) is 2. The molecule has 0 aliphatic rings. The molecule has 132 valence electrons. The van der Waals surface area contributed by atoms with Gasteiger partial charge >= 0.3 is 0 Å². The molecule has 2 rings (SSSR count). The van der Waals surface area contributed by atoms with Crippen molar-refractivity contribution in [3.05, 3.63) is 65.7 Å². The molecular weight excluding hydrogens is 314 g/mol. The summed E-state index contributed by atoms with van der Waals surface area (Å²) in [4.78, 5) is 28.3. The summed E-state index contributed by atoms with van der Waals surface area (Å²) in [5, 5.41) is 2.95. The van der Waals surface area contributed by atoms with E-state index < -0.39 is 6.04 Å². The van der Waals surface area contributed by atoms with Crippen LogP contribution in [-0.4, -0.2) is 49.3 Å². The van der Waals surface area contributed by atoms with Crippen molar-refractivity contribution in [1.29, 1.82) is 0 Å². The fourth-order valence-electron chi connectivity index (χ4n) is 2.53. The Balaban J connectivity index is 2.23. The van der Waals surface area contributed by atoms with E-state index in [1.54, 1.807) is 26.0 Å². The van der Waals surface area contributed by atoms with Crippen molar-refractivity contribution in [2.75, 3.05) is 33.0 Å². The van der Waals surface area contributed by atoms with E-state index >= 15 is 0 Å². The van der Waals surface area contributed by atoms with E-state index in [1.807, 2.05) is 61.5 Å². The molecule has 0 fully saturated rings. The third-order valence-electron chi connectivity index (χ3n) is 4.01. The van der Waals surface area contributed by atoms with Gasteiger partial charge in [0.1, 0.15) is 6.04 Å². The average molecular weight is 339 g/mol. The minimum Gasteiger partial charge on any atom is -0.348 e. The normalized spacial score (nSPS) is 11.9. The first-order chi connectivity index (χ1) is 11.9. The predicted molar refractivity (Wildman–Crippen MR) is 100 cm³/mol. The summed E-state index contributed by atoms with van der Waals surface area (Å²) in [7, 11) is 5.20. The third-order valence-corrected chi connectivity index (χ3v) is 4.01. The van der Waals surface area contributed by atoms with E-state index in [2.05, 4.69) is 5.32 Å². The first-order valence-electron chi connectivity index (χ1n) is 8.21. The standard InChI is InChI=1S/C20H25N3O2/c1-15-10-12-17(13-11-15)21-20(25)19(16-8-6-5-7-9-16)23(4)14-18(24)22(2)3/h5-13,19H,14H2,1-4H3,(H,21,25)/t19-/m1/s1. The molecule has 5 nitrogen and oxygen atoms in total. The Morgan fingerprint density at radius 3 is 2.12 bits per heavy atom. The summed E-state index contributed by atoms with van der Waals surface area (Å²) in [5.41, 5.74) is 2.72. The molecule has 25 heavy (non-hydrogen) atoms. The Bertz CT molecular complexity index is 711. The molecule has 0 unspecified atom stereocenters. The SMILES string of the molecule is Cc1ccc(NC(=O)[C@@H](c2ccccc2)N(C)CC(=O)N(C)C)cc1. The molecule has 0 spiro atoms. The van der Waals surface area contributed by atoms with Gasteiger partial charge in [-0.25, -0.2) is 0 Å². The van der Waals surface area contributed by atoms with Crippen LogP contribution in [0.2, 0.25) is 0 Å². The van der Waals surface area contributed by atoms with E-state index in [1.165, 1.54) is 4.90 Å². The average Bonchev–Trinajstić information content (AvgIpc) is 2.58. The number of benzene rings is 2. The van der Waals surface area contributed by atoms with Crippen molar-refractivity contribution < 1.29 is 9.59 Å². The second-order valence-electron chi connectivity index (χ2n) is 6.37. The zero-order valence-corrected chi connectivity index (χ0v) is 15.2. The van der Waals surface area contributed by atoms with Crippen LogP contribution in [0, 0.1) is 6.92 Å². The molecule has 0 aliphatic heterocycles. The van der Waals surface area contributed by atoms with Gasteiger partial charge in [0.2, 0.25) is 11.8 Å². The van der Waals surface area contributed by atoms with Gasteiger partial charge in [0.15, 0.2) is 0 Å². The largest absolute Gasteiger partial charge is 0.348 e. The Hall–Kier alpha value is -2.66. The minimum absolute atomic E-state index is 0.0495. The fraction of sp³-hybridized carbons (Fsp3) is 0.300. The Labute approximate surface area is 149 Å². The highest BCUT2D eigenvalue weighted by molar-refractivity contribution is 5.96. The molecule has 0 aliphatic carbocycles. The summed E-state index contributed by atoms with van der Waals surface area (Å²) in [5.74, 6) is -0.212. The van der Waals surface area contributed by atoms with Gasteiger partial charge in [0, 0.05) is 19.8 Å². The third kappa shape index (κ3) is 5.16. The Kier molecular flexibility index (Phi) is 6.31. The highest BCUT2D eigenvalue weighted by Gasteiger charge is 2.27. The molecule has 5 heteroatoms. The van der Waals surface area contributed by atoms with E-state index in [9.17, 15) is 9.59 Å². The molecule has 2 aromatic rings. The number of nitrogens with one attached hydrogen (secondary N) is 1. The Morgan fingerprint density at radius 2 is 1.56 bits per heavy atom. The second kappa shape index (κ2) is 8.44. The van der Waals surface area contributed by atoms with Gasteiger partial charge in [-0.3, -0.25) is 14.5 Å². The van der Waals surface area contributed by atoms with Crippen LogP contribution in [0.5, 0.6) is 0 Å². The lowest BCUT2D eigenvalue weighted by atomic mass is 10.0. The molecule has 0 radical (unpaired) electrons. The van der Waals surface area contributed by atoms with Gasteiger partial charge < -0.3 is 10.2 Å². The van der Waals surface area contributed by atoms with Crippen molar-refractivity contribution in [2.45, 2.75) is 13.0 Å². The van der Waals surface area contributed by atoms with Crippen LogP contribution >= 0.6 is 0 Å². The molecular formula is C20H25N3O2. The van der Waals surface area contributed by atoms with Gasteiger partial charge in [-0.1, -0.05) is 48.0 Å². The number of amides is 2. The number of aryl methyl sites for hydroxylation is 1. The molecule has 0 saturated heterocycles. The van der Waals surface area contributed by atoms with Gasteiger partial charge in [-0.15, -0.1) is 0 Å². The zero-order valence-electron chi connectivity index (χ0n) is 15.2. The lowest BCUT2D eigenvalue weighted by Crippen LogP contribution is -2.41. The number of likely N-dealkylation sites (N-methyl/N-ethyl adjacent to an activating group) is 2. The molecule has 0 saturated carbocycles. The van der Waals surface area contributed by atoms with Crippen LogP contribution in [0.25, 0.3) is 0 Å². The molecule has 0 bridgehead atoms. The second-order valence-corrected chi connectivity index (χ2v) is 6.37. The van der Waals surface area contributed by atoms with Crippen molar-refractivity contribution >= 4 is 17.5 Å². The molecule has 0 heterocycles. The highest BCUT2D eigenvalue weighted by Crippen LogP contribution is 2.22. The van der Waals surface area contributed by atoms with Crippen LogP contribution in [-0.2, 0) is 9.59 Å². The number of hydrogen-bond donors (Lipinski definition) is 1. The molecule has 1 N–H and O–H groups in total. The van der Waals surface area contributed by atoms with Crippen molar-refractivity contribution in [2.24, 2.45) is 0 Å².